The minimum Gasteiger partial charge on any atom is -0.616 e. The normalized spacial score (nSPS) is 15.0. The summed E-state index contributed by atoms with van der Waals surface area (Å²) >= 11 is -1.06. The van der Waals surface area contributed by atoms with E-state index >= 15 is 0 Å². The van der Waals surface area contributed by atoms with Gasteiger partial charge in [0, 0.05) is 0 Å². The lowest BCUT2D eigenvalue weighted by atomic mass is 10.1. The highest BCUT2D eigenvalue weighted by Gasteiger charge is 2.13. The highest BCUT2D eigenvalue weighted by molar-refractivity contribution is 7.91. The second-order valence-electron chi connectivity index (χ2n) is 4.24. The van der Waals surface area contributed by atoms with Gasteiger partial charge < -0.3 is 14.8 Å². The van der Waals surface area contributed by atoms with E-state index in [0.29, 0.717) is 5.75 Å². The number of aliphatic hydroxyl groups excluding tert-OH is 2. The fourth-order valence-electron chi connectivity index (χ4n) is 1.64. The van der Waals surface area contributed by atoms with E-state index in [1.165, 1.54) is 25.7 Å². The predicted octanol–water partition coefficient (Wildman–Crippen LogP) is 1.84. The van der Waals surface area contributed by atoms with Crippen LogP contribution in [-0.4, -0.2) is 39.0 Å². The zero-order valence-electron chi connectivity index (χ0n) is 10.4. The first kappa shape index (κ1) is 16.2. The van der Waals surface area contributed by atoms with Crippen LogP contribution in [0.5, 0.6) is 0 Å². The van der Waals surface area contributed by atoms with Gasteiger partial charge in [0.15, 0.2) is 0 Å². The Hall–Kier alpha value is 0.230. The Morgan fingerprint density at radius 1 is 1.12 bits per heavy atom. The van der Waals surface area contributed by atoms with E-state index in [4.69, 9.17) is 5.11 Å². The number of hydrogen-bond acceptors (Lipinski definition) is 3. The third kappa shape index (κ3) is 10.7. The number of unbranched alkanes of at least 4 members (excludes halogenated alkanes) is 5. The Labute approximate surface area is 102 Å². The monoisotopic (exact) mass is 250 g/mol. The van der Waals surface area contributed by atoms with E-state index in [1.807, 2.05) is 0 Å². The average Bonchev–Trinajstić information content (AvgIpc) is 2.23. The summed E-state index contributed by atoms with van der Waals surface area (Å²) in [7, 11) is 0. The highest BCUT2D eigenvalue weighted by Crippen LogP contribution is 2.09. The molecule has 0 saturated carbocycles. The minimum atomic E-state index is -1.06. The SMILES string of the molecule is CCCCCCCCC(O)C[S+]([O-])CCO. The maximum atomic E-state index is 11.2. The molecule has 98 valence electrons. The maximum absolute atomic E-state index is 11.2. The van der Waals surface area contributed by atoms with Crippen LogP contribution in [0.4, 0.5) is 0 Å². The molecule has 0 rings (SSSR count). The molecule has 0 radical (unpaired) electrons. The van der Waals surface area contributed by atoms with Gasteiger partial charge in [-0.3, -0.25) is 0 Å². The summed E-state index contributed by atoms with van der Waals surface area (Å²) in [5, 5.41) is 18.1. The molecule has 0 aromatic rings. The van der Waals surface area contributed by atoms with Crippen LogP contribution in [0.3, 0.4) is 0 Å². The van der Waals surface area contributed by atoms with E-state index in [0.717, 1.165) is 19.3 Å². The van der Waals surface area contributed by atoms with Gasteiger partial charge in [-0.1, -0.05) is 45.4 Å². The van der Waals surface area contributed by atoms with Gasteiger partial charge in [-0.2, -0.15) is 0 Å². The van der Waals surface area contributed by atoms with E-state index in [1.54, 1.807) is 0 Å². The van der Waals surface area contributed by atoms with Crippen molar-refractivity contribution < 1.29 is 14.8 Å². The summed E-state index contributed by atoms with van der Waals surface area (Å²) in [5.74, 6) is 0.600. The summed E-state index contributed by atoms with van der Waals surface area (Å²) in [6.45, 7) is 2.14. The Kier molecular flexibility index (Phi) is 11.9. The van der Waals surface area contributed by atoms with Gasteiger partial charge in [-0.25, -0.2) is 0 Å². The van der Waals surface area contributed by atoms with Crippen LogP contribution in [0.25, 0.3) is 0 Å². The van der Waals surface area contributed by atoms with E-state index in [2.05, 4.69) is 6.92 Å². The Balaban J connectivity index is 3.26. The van der Waals surface area contributed by atoms with Crippen LogP contribution < -0.4 is 0 Å². The van der Waals surface area contributed by atoms with E-state index < -0.39 is 17.3 Å². The maximum Gasteiger partial charge on any atom is 0.131 e. The van der Waals surface area contributed by atoms with Crippen molar-refractivity contribution in [1.82, 2.24) is 0 Å². The van der Waals surface area contributed by atoms with E-state index in [-0.39, 0.29) is 12.4 Å². The van der Waals surface area contributed by atoms with Crippen LogP contribution in [0, 0.1) is 0 Å². The lowest BCUT2D eigenvalue weighted by Crippen LogP contribution is -2.24. The predicted molar refractivity (Wildman–Crippen MR) is 69.0 cm³/mol. The molecule has 4 heteroatoms. The molecular weight excluding hydrogens is 224 g/mol. The van der Waals surface area contributed by atoms with E-state index in [9.17, 15) is 9.66 Å². The summed E-state index contributed by atoms with van der Waals surface area (Å²) in [6, 6.07) is 0. The Morgan fingerprint density at radius 2 is 1.75 bits per heavy atom. The average molecular weight is 250 g/mol. The fourth-order valence-corrected chi connectivity index (χ4v) is 2.61. The lowest BCUT2D eigenvalue weighted by Gasteiger charge is -2.14. The highest BCUT2D eigenvalue weighted by atomic mass is 32.2. The molecule has 0 aromatic carbocycles. The summed E-state index contributed by atoms with van der Waals surface area (Å²) in [5.41, 5.74) is 0. The zero-order chi connectivity index (χ0) is 12.2. The summed E-state index contributed by atoms with van der Waals surface area (Å²) in [4.78, 5) is 0. The molecule has 16 heavy (non-hydrogen) atoms. The van der Waals surface area contributed by atoms with Crippen molar-refractivity contribution in [3.63, 3.8) is 0 Å². The van der Waals surface area contributed by atoms with Crippen molar-refractivity contribution in [2.24, 2.45) is 0 Å². The molecular formula is C12H26O3S. The number of aliphatic hydroxyl groups is 2. The number of rotatable bonds is 11. The van der Waals surface area contributed by atoms with Gasteiger partial charge in [-0.15, -0.1) is 0 Å². The largest absolute Gasteiger partial charge is 0.616 e. The van der Waals surface area contributed by atoms with Crippen LogP contribution in [0.15, 0.2) is 0 Å². The van der Waals surface area contributed by atoms with Gasteiger partial charge in [0.2, 0.25) is 0 Å². The van der Waals surface area contributed by atoms with Gasteiger partial charge in [0.05, 0.1) is 12.7 Å². The third-order valence-electron chi connectivity index (χ3n) is 2.59. The summed E-state index contributed by atoms with van der Waals surface area (Å²) < 4.78 is 11.2. The smallest absolute Gasteiger partial charge is 0.131 e. The third-order valence-corrected chi connectivity index (χ3v) is 3.98. The molecule has 0 bridgehead atoms. The molecule has 0 saturated heterocycles. The topological polar surface area (TPSA) is 63.5 Å². The minimum absolute atomic E-state index is 0.0592. The van der Waals surface area contributed by atoms with Crippen LogP contribution in [-0.2, 0) is 11.2 Å². The van der Waals surface area contributed by atoms with Crippen molar-refractivity contribution in [3.8, 4) is 0 Å². The molecule has 0 aliphatic rings. The van der Waals surface area contributed by atoms with Crippen LogP contribution in [0.1, 0.15) is 51.9 Å². The molecule has 0 spiro atoms. The molecule has 0 fully saturated rings. The Bertz CT molecular complexity index is 144. The molecule has 2 unspecified atom stereocenters. The molecule has 0 aromatic heterocycles. The lowest BCUT2D eigenvalue weighted by molar-refractivity contribution is 0.182. The van der Waals surface area contributed by atoms with Gasteiger partial charge in [0.1, 0.15) is 11.5 Å². The summed E-state index contributed by atoms with van der Waals surface area (Å²) in [6.07, 6.45) is 7.52. The first-order chi connectivity index (χ1) is 7.70. The van der Waals surface area contributed by atoms with Crippen molar-refractivity contribution >= 4 is 11.2 Å². The molecule has 0 heterocycles. The fraction of sp³-hybridized carbons (Fsp3) is 1.00. The zero-order valence-corrected chi connectivity index (χ0v) is 11.2. The Morgan fingerprint density at radius 3 is 2.38 bits per heavy atom. The molecule has 0 aliphatic carbocycles. The first-order valence-corrected chi connectivity index (χ1v) is 7.83. The molecule has 2 atom stereocenters. The van der Waals surface area contributed by atoms with Gasteiger partial charge >= 0.3 is 0 Å². The second kappa shape index (κ2) is 11.7. The second-order valence-corrected chi connectivity index (χ2v) is 5.87. The quantitative estimate of drug-likeness (QED) is 0.434. The van der Waals surface area contributed by atoms with Crippen LogP contribution >= 0.6 is 0 Å². The van der Waals surface area contributed by atoms with Crippen LogP contribution in [0.2, 0.25) is 0 Å². The van der Waals surface area contributed by atoms with Crippen molar-refractivity contribution in [3.05, 3.63) is 0 Å². The van der Waals surface area contributed by atoms with Crippen molar-refractivity contribution in [2.45, 2.75) is 58.0 Å². The molecule has 3 nitrogen and oxygen atoms in total. The van der Waals surface area contributed by atoms with Gasteiger partial charge in [0.25, 0.3) is 0 Å². The molecule has 0 aliphatic heterocycles. The molecule has 2 N–H and O–H groups in total. The standard InChI is InChI=1S/C12H26O3S/c1-2-3-4-5-6-7-8-12(14)11-16(15)10-9-13/h12-14H,2-11H2,1H3. The van der Waals surface area contributed by atoms with Gasteiger partial charge in [-0.05, 0) is 17.6 Å². The molecule has 0 amide bonds. The number of hydrogen-bond donors (Lipinski definition) is 2. The first-order valence-electron chi connectivity index (χ1n) is 6.34. The van der Waals surface area contributed by atoms with Crippen molar-refractivity contribution in [2.75, 3.05) is 18.1 Å². The van der Waals surface area contributed by atoms with Crippen molar-refractivity contribution in [1.29, 1.82) is 0 Å².